The molecule has 0 radical (unpaired) electrons. The Morgan fingerprint density at radius 3 is 1.90 bits per heavy atom. The maximum atomic E-state index is 6.60. The minimum atomic E-state index is -2.95. The molecule has 3 unspecified atom stereocenters. The molecule has 0 aromatic heterocycles. The smallest absolute Gasteiger partial charge is 0.407 e. The molecular formula is C22H54O10S2Si5. The maximum absolute atomic E-state index is 6.60. The monoisotopic (exact) mass is 682 g/mol. The first-order valence-electron chi connectivity index (χ1n) is 14.3. The highest BCUT2D eigenvalue weighted by molar-refractivity contribution is 8.87. The van der Waals surface area contributed by atoms with Crippen molar-refractivity contribution in [2.75, 3.05) is 45.4 Å². The summed E-state index contributed by atoms with van der Waals surface area (Å²) < 4.78 is 61.6. The molecule has 1 saturated heterocycles. The van der Waals surface area contributed by atoms with Crippen LogP contribution < -0.4 is 0 Å². The second-order valence-electron chi connectivity index (χ2n) is 9.48. The van der Waals surface area contributed by atoms with Gasteiger partial charge in [0.05, 0.1) is 12.7 Å². The lowest BCUT2D eigenvalue weighted by Crippen LogP contribution is -2.66. The summed E-state index contributed by atoms with van der Waals surface area (Å²) >= 11 is 0. The minimum Gasteiger partial charge on any atom is -0.407 e. The van der Waals surface area contributed by atoms with Gasteiger partial charge in [0, 0.05) is 51.4 Å². The molecule has 0 amide bonds. The second kappa shape index (κ2) is 19.6. The summed E-state index contributed by atoms with van der Waals surface area (Å²) in [6.07, 6.45) is 2.61. The molecule has 0 bridgehead atoms. The van der Waals surface area contributed by atoms with Gasteiger partial charge in [-0.1, -0.05) is 34.4 Å². The normalized spacial score (nSPS) is 24.4. The van der Waals surface area contributed by atoms with Crippen LogP contribution in [0.5, 0.6) is 0 Å². The van der Waals surface area contributed by atoms with E-state index in [0.29, 0.717) is 39.6 Å². The molecule has 3 atom stereocenters. The molecule has 17 heteroatoms. The topological polar surface area (TPSA) is 92.3 Å². The van der Waals surface area contributed by atoms with Gasteiger partial charge in [-0.25, -0.2) is 0 Å². The standard InChI is InChI=1S/C22H54O10S2Si5/c1-11-18-22(29-35(23-12-2)24-13-3)21-28-37(9)30-36(7,8)31-38(10,32-37)34-33-19-17-20-39(25-14-4,26-15-5)27-16-6/h22,35H,11-21H2,1-10H3. The van der Waals surface area contributed by atoms with Crippen LogP contribution in [0.2, 0.25) is 32.2 Å². The van der Waals surface area contributed by atoms with E-state index in [2.05, 4.69) is 26.6 Å². The summed E-state index contributed by atoms with van der Waals surface area (Å²) in [5, 5.41) is 0. The van der Waals surface area contributed by atoms with E-state index in [0.717, 1.165) is 31.1 Å². The van der Waals surface area contributed by atoms with E-state index >= 15 is 0 Å². The van der Waals surface area contributed by atoms with E-state index in [9.17, 15) is 0 Å². The molecule has 0 aromatic carbocycles. The fourth-order valence-corrected chi connectivity index (χ4v) is 31.2. The first-order valence-corrected chi connectivity index (χ1v) is 28.0. The van der Waals surface area contributed by atoms with Gasteiger partial charge in [-0.05, 0) is 67.1 Å². The lowest BCUT2D eigenvalue weighted by Gasteiger charge is -2.47. The summed E-state index contributed by atoms with van der Waals surface area (Å²) in [6.45, 7) is 23.5. The highest BCUT2D eigenvalue weighted by Crippen LogP contribution is 2.43. The van der Waals surface area contributed by atoms with E-state index in [1.54, 1.807) is 21.0 Å². The van der Waals surface area contributed by atoms with Crippen molar-refractivity contribution in [2.45, 2.75) is 99.1 Å². The average molecular weight is 683 g/mol. The first kappa shape index (κ1) is 38.4. The van der Waals surface area contributed by atoms with Crippen LogP contribution in [0.25, 0.3) is 0 Å². The quantitative estimate of drug-likeness (QED) is 0.0752. The van der Waals surface area contributed by atoms with Crippen LogP contribution in [0.1, 0.15) is 60.8 Å². The van der Waals surface area contributed by atoms with Gasteiger partial charge in [0.2, 0.25) is 0 Å². The van der Waals surface area contributed by atoms with Gasteiger partial charge in [-0.2, -0.15) is 0 Å². The van der Waals surface area contributed by atoms with Crippen molar-refractivity contribution in [2.24, 2.45) is 0 Å². The Labute approximate surface area is 251 Å². The second-order valence-corrected chi connectivity index (χ2v) is 28.5. The number of hydrogen-bond donors (Lipinski definition) is 0. The molecule has 39 heavy (non-hydrogen) atoms. The SMILES string of the molecule is CCCC(CO[Si]1(C)O[Si](C)(C)O[Si](C)(SSCCC[Si](OCC)(OCC)OCC)O1)O[SiH](OCC)OCC. The van der Waals surface area contributed by atoms with E-state index < -0.39 is 43.4 Å². The predicted octanol–water partition coefficient (Wildman–Crippen LogP) is 5.70. The van der Waals surface area contributed by atoms with Crippen molar-refractivity contribution in [1.29, 1.82) is 0 Å². The lowest BCUT2D eigenvalue weighted by molar-refractivity contribution is 0.0168. The van der Waals surface area contributed by atoms with Crippen molar-refractivity contribution in [3.05, 3.63) is 0 Å². The van der Waals surface area contributed by atoms with Gasteiger partial charge in [0.1, 0.15) is 0 Å². The van der Waals surface area contributed by atoms with Gasteiger partial charge >= 0.3 is 43.4 Å². The summed E-state index contributed by atoms with van der Waals surface area (Å²) in [4.78, 5) is 0. The zero-order chi connectivity index (χ0) is 29.4. The summed E-state index contributed by atoms with van der Waals surface area (Å²) in [5.74, 6) is 0.914. The largest absolute Gasteiger partial charge is 0.500 e. The summed E-state index contributed by atoms with van der Waals surface area (Å²) in [6, 6.07) is 0.793. The molecule has 1 rings (SSSR count). The van der Waals surface area contributed by atoms with Crippen molar-refractivity contribution in [1.82, 2.24) is 0 Å². The fraction of sp³-hybridized carbons (Fsp3) is 1.00. The summed E-state index contributed by atoms with van der Waals surface area (Å²) in [5.41, 5.74) is 0. The Bertz CT molecular complexity index is 639. The Morgan fingerprint density at radius 1 is 0.795 bits per heavy atom. The highest BCUT2D eigenvalue weighted by Gasteiger charge is 2.58. The molecule has 10 nitrogen and oxygen atoms in total. The van der Waals surface area contributed by atoms with E-state index in [-0.39, 0.29) is 6.10 Å². The molecule has 0 aromatic rings. The molecule has 1 heterocycles. The van der Waals surface area contributed by atoms with Crippen molar-refractivity contribution in [3.8, 4) is 0 Å². The van der Waals surface area contributed by atoms with E-state index in [4.69, 9.17) is 43.3 Å². The van der Waals surface area contributed by atoms with Crippen LogP contribution in [0.3, 0.4) is 0 Å². The zero-order valence-electron chi connectivity index (χ0n) is 25.8. The van der Waals surface area contributed by atoms with Gasteiger partial charge in [0.15, 0.2) is 0 Å². The molecule has 1 fully saturated rings. The third kappa shape index (κ3) is 15.1. The number of rotatable bonds is 23. The van der Waals surface area contributed by atoms with Crippen LogP contribution in [0.15, 0.2) is 0 Å². The van der Waals surface area contributed by atoms with Crippen LogP contribution in [-0.2, 0) is 43.3 Å². The molecule has 1 aliphatic heterocycles. The molecule has 0 N–H and O–H groups in total. The Hall–Kier alpha value is 1.38. The molecule has 0 spiro atoms. The molecule has 0 saturated carbocycles. The van der Waals surface area contributed by atoms with Crippen molar-refractivity contribution in [3.63, 3.8) is 0 Å². The van der Waals surface area contributed by atoms with E-state index in [1.165, 1.54) is 0 Å². The van der Waals surface area contributed by atoms with Gasteiger partial charge in [-0.15, -0.1) is 0 Å². The molecule has 234 valence electrons. The van der Waals surface area contributed by atoms with Gasteiger partial charge in [0.25, 0.3) is 0 Å². The van der Waals surface area contributed by atoms with Gasteiger partial charge < -0.3 is 43.3 Å². The maximum Gasteiger partial charge on any atom is 0.500 e. The molecule has 1 aliphatic rings. The Balaban J connectivity index is 2.75. The first-order chi connectivity index (χ1) is 18.4. The minimum absolute atomic E-state index is 0.130. The summed E-state index contributed by atoms with van der Waals surface area (Å²) in [7, 11) is -9.35. The lowest BCUT2D eigenvalue weighted by atomic mass is 10.2. The molecule has 0 aliphatic carbocycles. The third-order valence-electron chi connectivity index (χ3n) is 5.30. The van der Waals surface area contributed by atoms with Crippen molar-refractivity contribution < 1.29 is 43.3 Å². The van der Waals surface area contributed by atoms with E-state index in [1.807, 2.05) is 41.2 Å². The predicted molar refractivity (Wildman–Crippen MR) is 170 cm³/mol. The Kier molecular flexibility index (Phi) is 19.3. The third-order valence-corrected chi connectivity index (χ3v) is 28.7. The van der Waals surface area contributed by atoms with Crippen LogP contribution in [-0.4, -0.2) is 94.9 Å². The van der Waals surface area contributed by atoms with Gasteiger partial charge in [-0.3, -0.25) is 0 Å². The molecular weight excluding hydrogens is 629 g/mol. The van der Waals surface area contributed by atoms with Crippen LogP contribution in [0.4, 0.5) is 0 Å². The highest BCUT2D eigenvalue weighted by atomic mass is 33.2. The zero-order valence-corrected chi connectivity index (χ0v) is 32.6. The van der Waals surface area contributed by atoms with Crippen LogP contribution in [0, 0.1) is 0 Å². The average Bonchev–Trinajstić information content (AvgIpc) is 2.82. The number of hydrogen-bond acceptors (Lipinski definition) is 12. The van der Waals surface area contributed by atoms with Crippen molar-refractivity contribution >= 4 is 64.4 Å². The van der Waals surface area contributed by atoms with Crippen LogP contribution >= 0.6 is 21.0 Å². The Morgan fingerprint density at radius 2 is 1.38 bits per heavy atom. The fourth-order valence-electron chi connectivity index (χ4n) is 4.20.